The molecule has 0 aliphatic carbocycles. The summed E-state index contributed by atoms with van der Waals surface area (Å²) in [6, 6.07) is 1.29. The van der Waals surface area contributed by atoms with Crippen molar-refractivity contribution in [3.8, 4) is 0 Å². The van der Waals surface area contributed by atoms with Gasteiger partial charge in [0.15, 0.2) is 0 Å². The first-order valence-electron chi connectivity index (χ1n) is 5.51. The summed E-state index contributed by atoms with van der Waals surface area (Å²) in [5, 5.41) is 17.5. The molecule has 0 bridgehead atoms. The van der Waals surface area contributed by atoms with E-state index in [1.54, 1.807) is 0 Å². The molecule has 0 fully saturated rings. The first-order valence-corrected chi connectivity index (χ1v) is 7.81. The van der Waals surface area contributed by atoms with Crippen LogP contribution in [-0.4, -0.2) is 23.7 Å². The lowest BCUT2D eigenvalue weighted by molar-refractivity contribution is 0.245. The van der Waals surface area contributed by atoms with Crippen molar-refractivity contribution in [1.29, 1.82) is 0 Å². The molecule has 0 amide bonds. The first kappa shape index (κ1) is 14.0. The number of aromatic nitrogens is 2. The summed E-state index contributed by atoms with van der Waals surface area (Å²) >= 11 is 1.18. The predicted molar refractivity (Wildman–Crippen MR) is 69.5 cm³/mol. The van der Waals surface area contributed by atoms with Gasteiger partial charge in [-0.05, 0) is 13.3 Å². The van der Waals surface area contributed by atoms with Gasteiger partial charge in [-0.15, -0.1) is 10.2 Å². The van der Waals surface area contributed by atoms with Crippen molar-refractivity contribution in [2.45, 2.75) is 31.8 Å². The fraction of sp³-hybridized carbons (Fsp3) is 0.400. The Labute approximate surface area is 114 Å². The highest BCUT2D eigenvalue weighted by Gasteiger charge is 2.22. The summed E-state index contributed by atoms with van der Waals surface area (Å²) in [7, 11) is -3.78. The first-order chi connectivity index (χ1) is 8.96. The molecular formula is C10H13N3O4S2. The monoisotopic (exact) mass is 303 g/mol. The van der Waals surface area contributed by atoms with Crippen LogP contribution >= 0.6 is 11.3 Å². The Kier molecular flexibility index (Phi) is 3.88. The fourth-order valence-corrected chi connectivity index (χ4v) is 3.59. The van der Waals surface area contributed by atoms with Crippen molar-refractivity contribution in [3.05, 3.63) is 22.6 Å². The third-order valence-corrected chi connectivity index (χ3v) is 4.92. The molecular weight excluding hydrogens is 290 g/mol. The minimum Gasteiger partial charge on any atom is -0.462 e. The highest BCUT2D eigenvalue weighted by atomic mass is 32.2. The lowest BCUT2D eigenvalue weighted by atomic mass is 10.4. The minimum atomic E-state index is -3.78. The van der Waals surface area contributed by atoms with Gasteiger partial charge in [0.1, 0.15) is 28.0 Å². The van der Waals surface area contributed by atoms with Crippen LogP contribution in [-0.2, 0) is 23.1 Å². The number of aryl methyl sites for hydroxylation is 2. The Morgan fingerprint density at radius 2 is 2.21 bits per heavy atom. The molecule has 0 saturated heterocycles. The molecule has 2 heterocycles. The van der Waals surface area contributed by atoms with Crippen LogP contribution in [0.5, 0.6) is 0 Å². The van der Waals surface area contributed by atoms with Crippen LogP contribution in [0.25, 0.3) is 0 Å². The Morgan fingerprint density at radius 1 is 1.47 bits per heavy atom. The number of sulfonamides is 1. The molecule has 9 heteroatoms. The average Bonchev–Trinajstić information content (AvgIpc) is 2.95. The zero-order chi connectivity index (χ0) is 14.0. The van der Waals surface area contributed by atoms with Gasteiger partial charge in [-0.2, -0.15) is 0 Å². The highest BCUT2D eigenvalue weighted by molar-refractivity contribution is 7.93. The van der Waals surface area contributed by atoms with E-state index < -0.39 is 10.0 Å². The minimum absolute atomic E-state index is 0.00945. The van der Waals surface area contributed by atoms with E-state index in [9.17, 15) is 8.42 Å². The van der Waals surface area contributed by atoms with E-state index in [1.165, 1.54) is 24.3 Å². The van der Waals surface area contributed by atoms with Crippen molar-refractivity contribution in [1.82, 2.24) is 10.2 Å². The summed E-state index contributed by atoms with van der Waals surface area (Å²) in [6.07, 6.45) is 0.693. The predicted octanol–water partition coefficient (Wildman–Crippen LogP) is 1.30. The van der Waals surface area contributed by atoms with Crippen molar-refractivity contribution in [2.24, 2.45) is 0 Å². The Morgan fingerprint density at radius 3 is 2.74 bits per heavy atom. The normalized spacial score (nSPS) is 11.7. The number of aliphatic hydroxyl groups is 1. The van der Waals surface area contributed by atoms with Crippen molar-refractivity contribution < 1.29 is 17.9 Å². The average molecular weight is 303 g/mol. The van der Waals surface area contributed by atoms with E-state index >= 15 is 0 Å². The molecule has 0 spiro atoms. The second-order valence-electron chi connectivity index (χ2n) is 3.75. The Bertz CT molecular complexity index is 675. The summed E-state index contributed by atoms with van der Waals surface area (Å²) in [6.45, 7) is 3.08. The number of nitrogens with zero attached hydrogens (tertiary/aromatic N) is 2. The van der Waals surface area contributed by atoms with Crippen LogP contribution in [0.4, 0.5) is 5.13 Å². The second-order valence-corrected chi connectivity index (χ2v) is 6.46. The lowest BCUT2D eigenvalue weighted by Crippen LogP contribution is -2.13. The van der Waals surface area contributed by atoms with E-state index in [0.717, 1.165) is 5.01 Å². The third kappa shape index (κ3) is 2.94. The molecule has 0 aliphatic rings. The number of nitrogens with one attached hydrogen (secondary N) is 1. The SMILES string of the molecule is CCc1nnc(NS(=O)(=O)c2cc(CO)oc2C)s1. The number of rotatable bonds is 5. The van der Waals surface area contributed by atoms with Gasteiger partial charge < -0.3 is 9.52 Å². The van der Waals surface area contributed by atoms with Gasteiger partial charge in [0, 0.05) is 6.07 Å². The maximum absolute atomic E-state index is 12.1. The molecule has 0 radical (unpaired) electrons. The van der Waals surface area contributed by atoms with E-state index in [2.05, 4.69) is 14.9 Å². The largest absolute Gasteiger partial charge is 0.462 e. The summed E-state index contributed by atoms with van der Waals surface area (Å²) in [4.78, 5) is -0.00945. The van der Waals surface area contributed by atoms with E-state index in [4.69, 9.17) is 9.52 Å². The third-order valence-electron chi connectivity index (χ3n) is 2.36. The fourth-order valence-electron chi connectivity index (χ4n) is 1.48. The Balaban J connectivity index is 2.29. The summed E-state index contributed by atoms with van der Waals surface area (Å²) in [5.41, 5.74) is 0. The maximum Gasteiger partial charge on any atom is 0.267 e. The van der Waals surface area contributed by atoms with E-state index in [-0.39, 0.29) is 28.2 Å². The van der Waals surface area contributed by atoms with Crippen LogP contribution in [0.3, 0.4) is 0 Å². The van der Waals surface area contributed by atoms with E-state index in [0.29, 0.717) is 6.42 Å². The van der Waals surface area contributed by atoms with Gasteiger partial charge >= 0.3 is 0 Å². The summed E-state index contributed by atoms with van der Waals surface area (Å²) < 4.78 is 31.7. The molecule has 2 aromatic rings. The van der Waals surface area contributed by atoms with Gasteiger partial charge in [-0.1, -0.05) is 18.3 Å². The zero-order valence-electron chi connectivity index (χ0n) is 10.4. The number of hydrogen-bond acceptors (Lipinski definition) is 7. The molecule has 0 atom stereocenters. The molecule has 0 aliphatic heterocycles. The topological polar surface area (TPSA) is 105 Å². The van der Waals surface area contributed by atoms with Gasteiger partial charge in [-0.3, -0.25) is 4.72 Å². The van der Waals surface area contributed by atoms with Gasteiger partial charge in [-0.25, -0.2) is 8.42 Å². The van der Waals surface area contributed by atoms with Gasteiger partial charge in [0.25, 0.3) is 10.0 Å². The smallest absolute Gasteiger partial charge is 0.267 e. The molecule has 19 heavy (non-hydrogen) atoms. The molecule has 0 saturated carbocycles. The molecule has 2 aromatic heterocycles. The zero-order valence-corrected chi connectivity index (χ0v) is 12.0. The number of hydrogen-bond donors (Lipinski definition) is 2. The standard InChI is InChI=1S/C10H13N3O4S2/c1-3-9-11-12-10(18-9)13-19(15,16)8-4-7(5-14)17-6(8)2/h4,14H,3,5H2,1-2H3,(H,12,13). The molecule has 7 nitrogen and oxygen atoms in total. The van der Waals surface area contributed by atoms with Crippen LogP contribution in [0.2, 0.25) is 0 Å². The summed E-state index contributed by atoms with van der Waals surface area (Å²) in [5.74, 6) is 0.418. The molecule has 2 rings (SSSR count). The highest BCUT2D eigenvalue weighted by Crippen LogP contribution is 2.24. The van der Waals surface area contributed by atoms with Gasteiger partial charge in [0.2, 0.25) is 5.13 Å². The van der Waals surface area contributed by atoms with Crippen LogP contribution < -0.4 is 4.72 Å². The molecule has 0 unspecified atom stereocenters. The van der Waals surface area contributed by atoms with Gasteiger partial charge in [0.05, 0.1) is 0 Å². The number of aliphatic hydroxyl groups excluding tert-OH is 1. The molecule has 2 N–H and O–H groups in total. The van der Waals surface area contributed by atoms with Crippen LogP contribution in [0.15, 0.2) is 15.4 Å². The number of furan rings is 1. The van der Waals surface area contributed by atoms with E-state index in [1.807, 2.05) is 6.92 Å². The Hall–Kier alpha value is -1.45. The number of anilines is 1. The van der Waals surface area contributed by atoms with Crippen LogP contribution in [0, 0.1) is 6.92 Å². The van der Waals surface area contributed by atoms with Crippen molar-refractivity contribution >= 4 is 26.5 Å². The second kappa shape index (κ2) is 5.27. The van der Waals surface area contributed by atoms with Crippen LogP contribution in [0.1, 0.15) is 23.5 Å². The van der Waals surface area contributed by atoms with Crippen molar-refractivity contribution in [2.75, 3.05) is 4.72 Å². The molecule has 0 aromatic carbocycles. The maximum atomic E-state index is 12.1. The quantitative estimate of drug-likeness (QED) is 0.862. The lowest BCUT2D eigenvalue weighted by Gasteiger charge is -2.02. The molecule has 104 valence electrons. The van der Waals surface area contributed by atoms with Crippen molar-refractivity contribution in [3.63, 3.8) is 0 Å².